The summed E-state index contributed by atoms with van der Waals surface area (Å²) in [6.45, 7) is 1.09. The van der Waals surface area contributed by atoms with Crippen LogP contribution in [0.5, 0.6) is 11.5 Å². The normalized spacial score (nSPS) is 17.0. The van der Waals surface area contributed by atoms with Gasteiger partial charge in [0.2, 0.25) is 0 Å². The van der Waals surface area contributed by atoms with Crippen LogP contribution in [-0.4, -0.2) is 25.7 Å². The average Bonchev–Trinajstić information content (AvgIpc) is 3.00. The molecule has 0 fully saturated rings. The molecule has 3 aromatic rings. The number of benzene rings is 2. The lowest BCUT2D eigenvalue weighted by Gasteiger charge is -2.22. The number of quaternary nitrogens is 1. The standard InChI is InChI=1S/C19H20N2O2/c1-22-16-8-7-12(11-17(16)23-2)18-19-14(9-10-20-18)13-5-3-4-6-15(13)21-19/h3-8,11,18,20-21H,9-10H2,1-2H3/p+1/t18-/m1/s1. The van der Waals surface area contributed by atoms with E-state index in [0.717, 1.165) is 24.5 Å². The van der Waals surface area contributed by atoms with E-state index in [4.69, 9.17) is 9.47 Å². The van der Waals surface area contributed by atoms with Gasteiger partial charge in [0.1, 0.15) is 0 Å². The van der Waals surface area contributed by atoms with Crippen LogP contribution in [0.3, 0.4) is 0 Å². The van der Waals surface area contributed by atoms with E-state index in [9.17, 15) is 0 Å². The molecule has 1 aliphatic rings. The Labute approximate surface area is 135 Å². The highest BCUT2D eigenvalue weighted by Crippen LogP contribution is 2.34. The number of fused-ring (bicyclic) bond motifs is 3. The van der Waals surface area contributed by atoms with Crippen molar-refractivity contribution in [3.63, 3.8) is 0 Å². The third-order valence-corrected chi connectivity index (χ3v) is 4.72. The van der Waals surface area contributed by atoms with E-state index in [0.29, 0.717) is 0 Å². The smallest absolute Gasteiger partial charge is 0.161 e. The van der Waals surface area contributed by atoms with Crippen LogP contribution >= 0.6 is 0 Å². The van der Waals surface area contributed by atoms with E-state index in [1.54, 1.807) is 14.2 Å². The Balaban J connectivity index is 1.83. The van der Waals surface area contributed by atoms with E-state index in [1.165, 1.54) is 27.7 Å². The van der Waals surface area contributed by atoms with Gasteiger partial charge in [-0.1, -0.05) is 18.2 Å². The van der Waals surface area contributed by atoms with Gasteiger partial charge in [-0.3, -0.25) is 0 Å². The van der Waals surface area contributed by atoms with Crippen molar-refractivity contribution in [3.05, 3.63) is 59.3 Å². The number of H-pyrrole nitrogens is 1. The second-order valence-electron chi connectivity index (χ2n) is 5.93. The Morgan fingerprint density at radius 2 is 1.87 bits per heavy atom. The van der Waals surface area contributed by atoms with Crippen LogP contribution in [0, 0.1) is 0 Å². The summed E-state index contributed by atoms with van der Waals surface area (Å²) in [6, 6.07) is 15.0. The molecular weight excluding hydrogens is 288 g/mol. The molecule has 0 saturated carbocycles. The van der Waals surface area contributed by atoms with Crippen LogP contribution in [0.25, 0.3) is 10.9 Å². The SMILES string of the molecule is COc1ccc([C@H]2[NH2+]CCc3c2[nH]c2ccccc32)cc1OC. The average molecular weight is 309 g/mol. The summed E-state index contributed by atoms with van der Waals surface area (Å²) in [5, 5.41) is 3.74. The molecule has 4 heteroatoms. The van der Waals surface area contributed by atoms with Crippen molar-refractivity contribution < 1.29 is 14.8 Å². The van der Waals surface area contributed by atoms with Crippen LogP contribution < -0.4 is 14.8 Å². The van der Waals surface area contributed by atoms with Crippen molar-refractivity contribution >= 4 is 10.9 Å². The van der Waals surface area contributed by atoms with Crippen molar-refractivity contribution in [2.75, 3.05) is 20.8 Å². The summed E-state index contributed by atoms with van der Waals surface area (Å²) in [5.41, 5.74) is 5.21. The minimum Gasteiger partial charge on any atom is -0.493 e. The molecule has 1 atom stereocenters. The number of para-hydroxylation sites is 1. The molecule has 0 aliphatic carbocycles. The molecule has 4 nitrogen and oxygen atoms in total. The topological polar surface area (TPSA) is 50.9 Å². The Kier molecular flexibility index (Phi) is 3.46. The molecule has 0 radical (unpaired) electrons. The summed E-state index contributed by atoms with van der Waals surface area (Å²) in [6.07, 6.45) is 1.10. The van der Waals surface area contributed by atoms with Crippen molar-refractivity contribution in [2.45, 2.75) is 12.5 Å². The van der Waals surface area contributed by atoms with Gasteiger partial charge in [-0.05, 0) is 29.8 Å². The van der Waals surface area contributed by atoms with Crippen LogP contribution in [-0.2, 0) is 6.42 Å². The van der Waals surface area contributed by atoms with Gasteiger partial charge in [0.25, 0.3) is 0 Å². The number of nitrogens with two attached hydrogens (primary N) is 1. The first-order valence-electron chi connectivity index (χ1n) is 7.96. The fourth-order valence-corrected chi connectivity index (χ4v) is 3.62. The first-order chi connectivity index (χ1) is 11.3. The molecule has 2 heterocycles. The van der Waals surface area contributed by atoms with E-state index in [1.807, 2.05) is 6.07 Å². The van der Waals surface area contributed by atoms with E-state index >= 15 is 0 Å². The largest absolute Gasteiger partial charge is 0.493 e. The lowest BCUT2D eigenvalue weighted by atomic mass is 9.94. The Morgan fingerprint density at radius 1 is 1.04 bits per heavy atom. The number of hydrogen-bond acceptors (Lipinski definition) is 2. The molecular formula is C19H21N2O2+. The number of methoxy groups -OCH3 is 2. The van der Waals surface area contributed by atoms with Crippen LogP contribution in [0.2, 0.25) is 0 Å². The third kappa shape index (κ3) is 2.26. The van der Waals surface area contributed by atoms with Gasteiger partial charge in [0.15, 0.2) is 17.5 Å². The van der Waals surface area contributed by atoms with E-state index in [-0.39, 0.29) is 6.04 Å². The van der Waals surface area contributed by atoms with Gasteiger partial charge < -0.3 is 19.8 Å². The van der Waals surface area contributed by atoms with Crippen LogP contribution in [0.4, 0.5) is 0 Å². The highest BCUT2D eigenvalue weighted by atomic mass is 16.5. The van der Waals surface area contributed by atoms with E-state index < -0.39 is 0 Å². The molecule has 23 heavy (non-hydrogen) atoms. The maximum absolute atomic E-state index is 5.47. The fourth-order valence-electron chi connectivity index (χ4n) is 3.62. The summed E-state index contributed by atoms with van der Waals surface area (Å²) < 4.78 is 10.8. The molecule has 4 rings (SSSR count). The quantitative estimate of drug-likeness (QED) is 0.780. The molecule has 0 amide bonds. The molecule has 0 saturated heterocycles. The lowest BCUT2D eigenvalue weighted by molar-refractivity contribution is -0.690. The van der Waals surface area contributed by atoms with E-state index in [2.05, 4.69) is 46.7 Å². The Morgan fingerprint density at radius 3 is 2.70 bits per heavy atom. The fraction of sp³-hybridized carbons (Fsp3) is 0.263. The Bertz CT molecular complexity index is 854. The van der Waals surface area contributed by atoms with Gasteiger partial charge in [0, 0.05) is 22.9 Å². The monoisotopic (exact) mass is 309 g/mol. The highest BCUT2D eigenvalue weighted by Gasteiger charge is 2.29. The minimum atomic E-state index is 0.269. The minimum absolute atomic E-state index is 0.269. The predicted molar refractivity (Wildman–Crippen MR) is 90.2 cm³/mol. The maximum atomic E-state index is 5.47. The number of ether oxygens (including phenoxy) is 2. The molecule has 0 spiro atoms. The zero-order valence-corrected chi connectivity index (χ0v) is 13.4. The number of aromatic nitrogens is 1. The van der Waals surface area contributed by atoms with Gasteiger partial charge in [-0.25, -0.2) is 0 Å². The van der Waals surface area contributed by atoms with Gasteiger partial charge in [0.05, 0.1) is 26.5 Å². The summed E-state index contributed by atoms with van der Waals surface area (Å²) >= 11 is 0. The van der Waals surface area contributed by atoms with Crippen molar-refractivity contribution in [1.82, 2.24) is 4.98 Å². The van der Waals surface area contributed by atoms with Crippen molar-refractivity contribution in [2.24, 2.45) is 0 Å². The maximum Gasteiger partial charge on any atom is 0.161 e. The first-order valence-corrected chi connectivity index (χ1v) is 7.96. The molecule has 0 unspecified atom stereocenters. The summed E-state index contributed by atoms with van der Waals surface area (Å²) in [5.74, 6) is 1.55. The van der Waals surface area contributed by atoms with Crippen LogP contribution in [0.15, 0.2) is 42.5 Å². The molecule has 1 aromatic heterocycles. The van der Waals surface area contributed by atoms with Crippen molar-refractivity contribution in [3.8, 4) is 11.5 Å². The zero-order valence-electron chi connectivity index (χ0n) is 13.4. The second-order valence-corrected chi connectivity index (χ2v) is 5.93. The number of hydrogen-bond donors (Lipinski definition) is 2. The molecule has 3 N–H and O–H groups in total. The molecule has 118 valence electrons. The third-order valence-electron chi connectivity index (χ3n) is 4.72. The van der Waals surface area contributed by atoms with Gasteiger partial charge in [-0.2, -0.15) is 0 Å². The Hall–Kier alpha value is -2.46. The number of nitrogens with one attached hydrogen (secondary N) is 1. The first kappa shape index (κ1) is 14.2. The molecule has 0 bridgehead atoms. The number of rotatable bonds is 3. The van der Waals surface area contributed by atoms with Gasteiger partial charge >= 0.3 is 0 Å². The highest BCUT2D eigenvalue weighted by molar-refractivity contribution is 5.85. The number of aromatic amines is 1. The van der Waals surface area contributed by atoms with Crippen molar-refractivity contribution in [1.29, 1.82) is 0 Å². The second kappa shape index (κ2) is 5.63. The summed E-state index contributed by atoms with van der Waals surface area (Å²) in [7, 11) is 3.35. The zero-order chi connectivity index (χ0) is 15.8. The molecule has 1 aliphatic heterocycles. The van der Waals surface area contributed by atoms with Crippen LogP contribution in [0.1, 0.15) is 22.9 Å². The van der Waals surface area contributed by atoms with Gasteiger partial charge in [-0.15, -0.1) is 0 Å². The summed E-state index contributed by atoms with van der Waals surface area (Å²) in [4.78, 5) is 3.63. The molecule has 2 aromatic carbocycles. The lowest BCUT2D eigenvalue weighted by Crippen LogP contribution is -2.87. The predicted octanol–water partition coefficient (Wildman–Crippen LogP) is 2.39.